The second-order valence-corrected chi connectivity index (χ2v) is 7.48. The Balaban J connectivity index is 1.09. The van der Waals surface area contributed by atoms with Gasteiger partial charge in [-0.1, -0.05) is 12.2 Å². The van der Waals surface area contributed by atoms with Gasteiger partial charge in [-0.05, 0) is 62.7 Å². The van der Waals surface area contributed by atoms with Crippen molar-refractivity contribution in [3.63, 3.8) is 0 Å². The maximum Gasteiger partial charge on any atom is 0.225 e. The molecule has 1 aliphatic heterocycles. The molecule has 1 saturated carbocycles. The van der Waals surface area contributed by atoms with Gasteiger partial charge in [0, 0.05) is 38.6 Å². The lowest BCUT2D eigenvalue weighted by Crippen LogP contribution is -2.47. The maximum atomic E-state index is 4.35. The summed E-state index contributed by atoms with van der Waals surface area (Å²) >= 11 is 0. The summed E-state index contributed by atoms with van der Waals surface area (Å²) in [5.41, 5.74) is 0. The Morgan fingerprint density at radius 3 is 2.58 bits per heavy atom. The molecule has 2 aliphatic carbocycles. The number of allylic oxidation sites excluding steroid dienone is 2. The van der Waals surface area contributed by atoms with E-state index in [0.717, 1.165) is 56.4 Å². The minimum absolute atomic E-state index is 0.871. The number of rotatable bonds is 7. The van der Waals surface area contributed by atoms with E-state index in [1.54, 1.807) is 0 Å². The van der Waals surface area contributed by atoms with Crippen molar-refractivity contribution < 1.29 is 0 Å². The highest BCUT2D eigenvalue weighted by Gasteiger charge is 2.34. The molecule has 2 fully saturated rings. The molecule has 1 N–H and O–H groups in total. The lowest BCUT2D eigenvalue weighted by Gasteiger charge is -2.34. The molecule has 2 heterocycles. The monoisotopic (exact) mass is 327 g/mol. The van der Waals surface area contributed by atoms with Crippen LogP contribution in [0.15, 0.2) is 30.6 Å². The molecule has 0 aromatic carbocycles. The van der Waals surface area contributed by atoms with Crippen molar-refractivity contribution in [2.24, 2.45) is 17.8 Å². The fraction of sp³-hybridized carbons (Fsp3) is 0.684. The van der Waals surface area contributed by atoms with E-state index in [9.17, 15) is 0 Å². The first-order valence-corrected chi connectivity index (χ1v) is 9.52. The fourth-order valence-corrected chi connectivity index (χ4v) is 4.47. The maximum absolute atomic E-state index is 4.35. The highest BCUT2D eigenvalue weighted by atomic mass is 15.3. The Hall–Kier alpha value is -1.46. The molecule has 3 aliphatic rings. The van der Waals surface area contributed by atoms with Crippen molar-refractivity contribution in [1.29, 1.82) is 0 Å². The summed E-state index contributed by atoms with van der Waals surface area (Å²) in [5.74, 6) is 3.54. The van der Waals surface area contributed by atoms with Gasteiger partial charge in [0.05, 0.1) is 0 Å². The molecule has 1 aromatic rings. The second kappa shape index (κ2) is 7.62. The van der Waals surface area contributed by atoms with Gasteiger partial charge in [-0.2, -0.15) is 0 Å². The Bertz CT molecular complexity index is 538. The van der Waals surface area contributed by atoms with E-state index >= 15 is 0 Å². The molecule has 4 rings (SSSR count). The molecule has 0 spiro atoms. The van der Waals surface area contributed by atoms with Crippen LogP contribution in [0.3, 0.4) is 0 Å². The third-order valence-corrected chi connectivity index (χ3v) is 5.86. The minimum atomic E-state index is 0.871. The van der Waals surface area contributed by atoms with Crippen LogP contribution < -0.4 is 10.2 Å². The molecule has 130 valence electrons. The zero-order chi connectivity index (χ0) is 16.2. The Morgan fingerprint density at radius 2 is 1.88 bits per heavy atom. The highest BCUT2D eigenvalue weighted by Crippen LogP contribution is 2.42. The van der Waals surface area contributed by atoms with Crippen LogP contribution in [0.5, 0.6) is 0 Å². The van der Waals surface area contributed by atoms with Crippen LogP contribution in [-0.2, 0) is 0 Å². The number of aromatic nitrogens is 2. The fourth-order valence-electron chi connectivity index (χ4n) is 4.47. The summed E-state index contributed by atoms with van der Waals surface area (Å²) < 4.78 is 0. The van der Waals surface area contributed by atoms with Crippen LogP contribution in [0.1, 0.15) is 19.3 Å². The SMILES string of the molecule is C1=C[C@H]2C[C@H]1C[C@@H]2CNCCCN1CCN(c2ncccn2)CC1. The van der Waals surface area contributed by atoms with E-state index < -0.39 is 0 Å². The van der Waals surface area contributed by atoms with Gasteiger partial charge in [-0.3, -0.25) is 4.90 Å². The molecule has 1 saturated heterocycles. The third kappa shape index (κ3) is 3.78. The quantitative estimate of drug-likeness (QED) is 0.611. The number of hydrogen-bond donors (Lipinski definition) is 1. The van der Waals surface area contributed by atoms with Gasteiger partial charge in [0.15, 0.2) is 0 Å². The van der Waals surface area contributed by atoms with Gasteiger partial charge in [0.2, 0.25) is 5.95 Å². The number of fused-ring (bicyclic) bond motifs is 2. The van der Waals surface area contributed by atoms with Crippen LogP contribution in [0.25, 0.3) is 0 Å². The van der Waals surface area contributed by atoms with Crippen molar-refractivity contribution in [3.05, 3.63) is 30.6 Å². The molecule has 5 nitrogen and oxygen atoms in total. The van der Waals surface area contributed by atoms with E-state index in [-0.39, 0.29) is 0 Å². The second-order valence-electron chi connectivity index (χ2n) is 7.48. The molecular formula is C19H29N5. The molecule has 24 heavy (non-hydrogen) atoms. The third-order valence-electron chi connectivity index (χ3n) is 5.86. The summed E-state index contributed by atoms with van der Waals surface area (Å²) in [7, 11) is 0. The van der Waals surface area contributed by atoms with Gasteiger partial charge >= 0.3 is 0 Å². The highest BCUT2D eigenvalue weighted by molar-refractivity contribution is 5.29. The standard InChI is InChI=1S/C19H29N5/c1-6-21-19(22-7-1)24-11-9-23(10-12-24)8-2-5-20-15-18-14-16-3-4-17(18)13-16/h1,3-4,6-7,16-18,20H,2,5,8-15H2/t16-,17-,18+/m0/s1. The predicted octanol–water partition coefficient (Wildman–Crippen LogP) is 1.79. The smallest absolute Gasteiger partial charge is 0.225 e. The summed E-state index contributed by atoms with van der Waals surface area (Å²) in [6.07, 6.45) is 12.6. The van der Waals surface area contributed by atoms with Crippen molar-refractivity contribution in [2.45, 2.75) is 19.3 Å². The topological polar surface area (TPSA) is 44.3 Å². The van der Waals surface area contributed by atoms with Crippen molar-refractivity contribution in [2.75, 3.05) is 50.7 Å². The first-order chi connectivity index (χ1) is 11.9. The molecule has 0 radical (unpaired) electrons. The molecular weight excluding hydrogens is 298 g/mol. The van der Waals surface area contributed by atoms with E-state index in [1.807, 2.05) is 18.5 Å². The lowest BCUT2D eigenvalue weighted by atomic mass is 9.94. The van der Waals surface area contributed by atoms with E-state index in [1.165, 1.54) is 32.4 Å². The molecule has 0 unspecified atom stereocenters. The van der Waals surface area contributed by atoms with Crippen molar-refractivity contribution in [1.82, 2.24) is 20.2 Å². The van der Waals surface area contributed by atoms with Crippen LogP contribution in [0.4, 0.5) is 5.95 Å². The van der Waals surface area contributed by atoms with Crippen molar-refractivity contribution >= 4 is 5.95 Å². The van der Waals surface area contributed by atoms with Crippen LogP contribution in [-0.4, -0.2) is 60.7 Å². The van der Waals surface area contributed by atoms with E-state index in [4.69, 9.17) is 0 Å². The van der Waals surface area contributed by atoms with Gasteiger partial charge in [0.1, 0.15) is 0 Å². The molecule has 3 atom stereocenters. The summed E-state index contributed by atoms with van der Waals surface area (Å²) in [4.78, 5) is 13.6. The Morgan fingerprint density at radius 1 is 1.04 bits per heavy atom. The van der Waals surface area contributed by atoms with Gasteiger partial charge < -0.3 is 10.2 Å². The van der Waals surface area contributed by atoms with Crippen LogP contribution >= 0.6 is 0 Å². The number of anilines is 1. The average molecular weight is 327 g/mol. The number of nitrogens with one attached hydrogen (secondary N) is 1. The molecule has 0 amide bonds. The summed E-state index contributed by atoms with van der Waals surface area (Å²) in [6.45, 7) is 7.88. The predicted molar refractivity (Wildman–Crippen MR) is 97.0 cm³/mol. The Labute approximate surface area is 145 Å². The largest absolute Gasteiger partial charge is 0.338 e. The van der Waals surface area contributed by atoms with Gasteiger partial charge in [0.25, 0.3) is 0 Å². The molecule has 5 heteroatoms. The molecule has 1 aromatic heterocycles. The zero-order valence-electron chi connectivity index (χ0n) is 14.5. The average Bonchev–Trinajstić information content (AvgIpc) is 3.26. The summed E-state index contributed by atoms with van der Waals surface area (Å²) in [6, 6.07) is 1.87. The number of nitrogens with zero attached hydrogens (tertiary/aromatic N) is 4. The normalized spacial score (nSPS) is 29.5. The van der Waals surface area contributed by atoms with Gasteiger partial charge in [-0.15, -0.1) is 0 Å². The molecule has 2 bridgehead atoms. The Kier molecular flexibility index (Phi) is 5.09. The van der Waals surface area contributed by atoms with Crippen LogP contribution in [0.2, 0.25) is 0 Å². The van der Waals surface area contributed by atoms with E-state index in [2.05, 4.69) is 37.2 Å². The van der Waals surface area contributed by atoms with Crippen molar-refractivity contribution in [3.8, 4) is 0 Å². The number of hydrogen-bond acceptors (Lipinski definition) is 5. The van der Waals surface area contributed by atoms with Gasteiger partial charge in [-0.25, -0.2) is 9.97 Å². The van der Waals surface area contributed by atoms with Crippen LogP contribution in [0, 0.1) is 17.8 Å². The first-order valence-electron chi connectivity index (χ1n) is 9.52. The zero-order valence-corrected chi connectivity index (χ0v) is 14.5. The summed E-state index contributed by atoms with van der Waals surface area (Å²) in [5, 5.41) is 3.70. The first kappa shape index (κ1) is 16.0. The van der Waals surface area contributed by atoms with E-state index in [0.29, 0.717) is 0 Å². The number of piperazine rings is 1. The minimum Gasteiger partial charge on any atom is -0.338 e. The lowest BCUT2D eigenvalue weighted by molar-refractivity contribution is 0.251.